The van der Waals surface area contributed by atoms with E-state index < -0.39 is 0 Å². The van der Waals surface area contributed by atoms with E-state index in [1.165, 1.54) is 56.7 Å². The molecule has 4 aromatic carbocycles. The first-order chi connectivity index (χ1) is 18.6. The fourth-order valence-electron chi connectivity index (χ4n) is 5.53. The van der Waals surface area contributed by atoms with Gasteiger partial charge in [0.2, 0.25) is 0 Å². The van der Waals surface area contributed by atoms with Gasteiger partial charge in [-0.25, -0.2) is 4.39 Å². The number of hydrogen-bond donors (Lipinski definition) is 0. The third kappa shape index (κ3) is 5.63. The Labute approximate surface area is 225 Å². The highest BCUT2D eigenvalue weighted by atomic mass is 19.1. The fourth-order valence-corrected chi connectivity index (χ4v) is 5.53. The van der Waals surface area contributed by atoms with E-state index in [1.807, 2.05) is 19.1 Å². The van der Waals surface area contributed by atoms with Crippen LogP contribution in [-0.2, 0) is 6.42 Å². The van der Waals surface area contributed by atoms with Crippen LogP contribution < -0.4 is 14.2 Å². The summed E-state index contributed by atoms with van der Waals surface area (Å²) in [5.41, 5.74) is 5.19. The maximum absolute atomic E-state index is 14.4. The van der Waals surface area contributed by atoms with Crippen molar-refractivity contribution in [1.29, 1.82) is 0 Å². The molecule has 1 aliphatic heterocycles. The lowest BCUT2D eigenvalue weighted by Gasteiger charge is -2.26. The number of ether oxygens (including phenoxy) is 3. The number of hydrogen-bond acceptors (Lipinski definition) is 4. The molecule has 0 N–H and O–H groups in total. The van der Waals surface area contributed by atoms with Gasteiger partial charge in [-0.15, -0.1) is 0 Å². The van der Waals surface area contributed by atoms with Gasteiger partial charge in [-0.2, -0.15) is 0 Å². The molecule has 0 unspecified atom stereocenters. The Morgan fingerprint density at radius 3 is 2.26 bits per heavy atom. The first-order valence-corrected chi connectivity index (χ1v) is 13.4. The maximum atomic E-state index is 14.4. The highest BCUT2D eigenvalue weighted by Gasteiger charge is 2.17. The predicted octanol–water partition coefficient (Wildman–Crippen LogP) is 7.43. The number of benzene rings is 4. The summed E-state index contributed by atoms with van der Waals surface area (Å²) in [6, 6.07) is 22.1. The van der Waals surface area contributed by atoms with Crippen molar-refractivity contribution in [1.82, 2.24) is 4.90 Å². The third-order valence-corrected chi connectivity index (χ3v) is 7.62. The van der Waals surface area contributed by atoms with E-state index in [0.29, 0.717) is 6.61 Å². The summed E-state index contributed by atoms with van der Waals surface area (Å²) in [5.74, 6) is 1.65. The molecule has 0 bridgehead atoms. The number of rotatable bonds is 9. The molecule has 5 heteroatoms. The smallest absolute Gasteiger partial charge is 0.165 e. The molecular weight excluding hydrogens is 477 g/mol. The zero-order chi connectivity index (χ0) is 26.5. The Morgan fingerprint density at radius 1 is 0.789 bits per heavy atom. The van der Waals surface area contributed by atoms with E-state index in [0.717, 1.165) is 51.9 Å². The lowest BCUT2D eigenvalue weighted by molar-refractivity contribution is 0.183. The normalized spacial score (nSPS) is 14.0. The molecule has 1 aliphatic rings. The molecule has 1 fully saturated rings. The Balaban J connectivity index is 1.44. The molecule has 0 atom stereocenters. The zero-order valence-corrected chi connectivity index (χ0v) is 22.6. The van der Waals surface area contributed by atoms with Crippen molar-refractivity contribution in [3.05, 3.63) is 89.2 Å². The Bertz CT molecular complexity index is 1390. The average molecular weight is 514 g/mol. The van der Waals surface area contributed by atoms with Gasteiger partial charge < -0.3 is 14.2 Å². The lowest BCUT2D eigenvalue weighted by atomic mass is 9.88. The summed E-state index contributed by atoms with van der Waals surface area (Å²) in [6.45, 7) is 5.96. The van der Waals surface area contributed by atoms with Crippen LogP contribution in [0.25, 0.3) is 21.9 Å². The third-order valence-electron chi connectivity index (χ3n) is 7.62. The van der Waals surface area contributed by atoms with Crippen molar-refractivity contribution in [2.45, 2.75) is 32.6 Å². The molecule has 1 saturated heterocycles. The van der Waals surface area contributed by atoms with Gasteiger partial charge in [-0.05, 0) is 103 Å². The van der Waals surface area contributed by atoms with Crippen LogP contribution in [-0.4, -0.2) is 45.4 Å². The van der Waals surface area contributed by atoms with Gasteiger partial charge >= 0.3 is 0 Å². The van der Waals surface area contributed by atoms with Crippen LogP contribution in [0.5, 0.6) is 17.2 Å². The van der Waals surface area contributed by atoms with Gasteiger partial charge in [0.25, 0.3) is 0 Å². The van der Waals surface area contributed by atoms with Crippen LogP contribution >= 0.6 is 0 Å². The first-order valence-electron chi connectivity index (χ1n) is 13.4. The van der Waals surface area contributed by atoms with Crippen LogP contribution in [0.3, 0.4) is 0 Å². The van der Waals surface area contributed by atoms with E-state index >= 15 is 0 Å². The van der Waals surface area contributed by atoms with Gasteiger partial charge in [0.15, 0.2) is 11.6 Å². The van der Waals surface area contributed by atoms with Gasteiger partial charge in [-0.1, -0.05) is 42.8 Å². The summed E-state index contributed by atoms with van der Waals surface area (Å²) in [4.78, 5) is 2.49. The van der Waals surface area contributed by atoms with Crippen LogP contribution in [0, 0.1) is 12.7 Å². The Morgan fingerprint density at radius 2 is 1.53 bits per heavy atom. The molecule has 0 aliphatic carbocycles. The fraction of sp³-hybridized carbons (Fsp3) is 0.333. The monoisotopic (exact) mass is 513 g/mol. The average Bonchev–Trinajstić information content (AvgIpc) is 2.95. The van der Waals surface area contributed by atoms with Gasteiger partial charge in [0.1, 0.15) is 18.1 Å². The number of halogens is 1. The number of fused-ring (bicyclic) bond motifs is 1. The van der Waals surface area contributed by atoms with Crippen molar-refractivity contribution in [3.63, 3.8) is 0 Å². The van der Waals surface area contributed by atoms with Crippen LogP contribution in [0.15, 0.2) is 66.7 Å². The van der Waals surface area contributed by atoms with Gasteiger partial charge in [0, 0.05) is 12.1 Å². The second-order valence-corrected chi connectivity index (χ2v) is 10.0. The van der Waals surface area contributed by atoms with E-state index in [4.69, 9.17) is 14.2 Å². The van der Waals surface area contributed by atoms with E-state index in [-0.39, 0.29) is 11.6 Å². The van der Waals surface area contributed by atoms with Crippen molar-refractivity contribution >= 4 is 10.8 Å². The van der Waals surface area contributed by atoms with E-state index in [1.54, 1.807) is 7.11 Å². The quantitative estimate of drug-likeness (QED) is 0.233. The number of nitrogens with zero attached hydrogens (tertiary/aromatic N) is 1. The Hall–Kier alpha value is -3.57. The molecule has 5 rings (SSSR count). The molecule has 0 aromatic heterocycles. The summed E-state index contributed by atoms with van der Waals surface area (Å²) >= 11 is 0. The second kappa shape index (κ2) is 11.9. The number of methoxy groups -OCH3 is 2. The summed E-state index contributed by atoms with van der Waals surface area (Å²) in [6.07, 6.45) is 4.66. The molecule has 0 amide bonds. The standard InChI is InChI=1S/C33H36FNO3/c1-23-28(15-16-32(34)33(23)37-3)30-13-9-25-22-27(36-2)12-14-29(25)31(30)21-24-7-10-26(11-8-24)38-20-19-35-17-5-4-6-18-35/h7-16,22H,4-6,17-21H2,1-3H3. The molecule has 1 heterocycles. The van der Waals surface area contributed by atoms with Gasteiger partial charge in [-0.3, -0.25) is 4.90 Å². The zero-order valence-electron chi connectivity index (χ0n) is 22.6. The van der Waals surface area contributed by atoms with Crippen molar-refractivity contribution in [2.75, 3.05) is 40.5 Å². The van der Waals surface area contributed by atoms with Crippen LogP contribution in [0.1, 0.15) is 36.0 Å². The minimum Gasteiger partial charge on any atom is -0.497 e. The van der Waals surface area contributed by atoms with Crippen molar-refractivity contribution in [3.8, 4) is 28.4 Å². The van der Waals surface area contributed by atoms with Crippen LogP contribution in [0.2, 0.25) is 0 Å². The molecular formula is C33H36FNO3. The van der Waals surface area contributed by atoms with Crippen molar-refractivity contribution in [2.24, 2.45) is 0 Å². The van der Waals surface area contributed by atoms with E-state index in [9.17, 15) is 4.39 Å². The lowest BCUT2D eigenvalue weighted by Crippen LogP contribution is -2.33. The molecule has 0 saturated carbocycles. The molecule has 38 heavy (non-hydrogen) atoms. The summed E-state index contributed by atoms with van der Waals surface area (Å²) < 4.78 is 31.3. The molecule has 198 valence electrons. The second-order valence-electron chi connectivity index (χ2n) is 10.0. The molecule has 4 nitrogen and oxygen atoms in total. The SMILES string of the molecule is COc1ccc2c(Cc3ccc(OCCN4CCCCC4)cc3)c(-c3ccc(F)c(OC)c3C)ccc2c1. The highest BCUT2D eigenvalue weighted by Crippen LogP contribution is 2.38. The van der Waals surface area contributed by atoms with Gasteiger partial charge in [0.05, 0.1) is 14.2 Å². The Kier molecular flexibility index (Phi) is 8.14. The van der Waals surface area contributed by atoms with E-state index in [2.05, 4.69) is 53.4 Å². The molecule has 4 aromatic rings. The number of likely N-dealkylation sites (tertiary alicyclic amines) is 1. The van der Waals surface area contributed by atoms with Crippen LogP contribution in [0.4, 0.5) is 4.39 Å². The topological polar surface area (TPSA) is 30.9 Å². The number of piperidine rings is 1. The maximum Gasteiger partial charge on any atom is 0.165 e. The van der Waals surface area contributed by atoms with Crippen molar-refractivity contribution < 1.29 is 18.6 Å². The summed E-state index contributed by atoms with van der Waals surface area (Å²) in [5, 5.41) is 2.25. The molecule has 0 spiro atoms. The summed E-state index contributed by atoms with van der Waals surface area (Å²) in [7, 11) is 3.19. The minimum atomic E-state index is -0.350. The first kappa shape index (κ1) is 26.1. The molecule has 0 radical (unpaired) electrons. The predicted molar refractivity (Wildman–Crippen MR) is 152 cm³/mol. The largest absolute Gasteiger partial charge is 0.497 e. The highest BCUT2D eigenvalue weighted by molar-refractivity contribution is 5.93. The minimum absolute atomic E-state index is 0.286.